The largest absolute Gasteiger partial charge is 0.491 e. The second-order valence-corrected chi connectivity index (χ2v) is 5.68. The van der Waals surface area contributed by atoms with Crippen LogP contribution in [-0.2, 0) is 0 Å². The van der Waals surface area contributed by atoms with Crippen LogP contribution in [0.1, 0.15) is 30.4 Å². The maximum Gasteiger partial charge on any atom is 0.119 e. The predicted octanol–water partition coefficient (Wildman–Crippen LogP) is 4.27. The number of halogens is 1. The van der Waals surface area contributed by atoms with Crippen molar-refractivity contribution in [2.24, 2.45) is 0 Å². The van der Waals surface area contributed by atoms with E-state index >= 15 is 0 Å². The van der Waals surface area contributed by atoms with Crippen LogP contribution in [0.4, 0.5) is 0 Å². The first-order chi connectivity index (χ1) is 8.56. The topological polar surface area (TPSA) is 29.5 Å². The van der Waals surface area contributed by atoms with Crippen LogP contribution in [0.5, 0.6) is 5.75 Å². The molecule has 0 saturated carbocycles. The molecule has 0 aliphatic rings. The van der Waals surface area contributed by atoms with E-state index in [9.17, 15) is 5.11 Å². The molecule has 0 spiro atoms. The summed E-state index contributed by atoms with van der Waals surface area (Å²) in [4.78, 5) is 0.845. The Bertz CT molecular complexity index is 505. The first-order valence-electron chi connectivity index (χ1n) is 5.75. The minimum atomic E-state index is -0.629. The lowest BCUT2D eigenvalue weighted by Crippen LogP contribution is -2.05. The SMILES string of the molecule is CC(C)Oc1ccc(C(O)c2cc(Cl)cs2)cc1. The molecule has 18 heavy (non-hydrogen) atoms. The summed E-state index contributed by atoms with van der Waals surface area (Å²) < 4.78 is 5.56. The number of thiophene rings is 1. The van der Waals surface area contributed by atoms with E-state index in [1.54, 1.807) is 6.07 Å². The minimum Gasteiger partial charge on any atom is -0.491 e. The number of rotatable bonds is 4. The molecule has 1 heterocycles. The molecule has 2 nitrogen and oxygen atoms in total. The molecule has 0 aliphatic carbocycles. The highest BCUT2D eigenvalue weighted by molar-refractivity contribution is 7.10. The molecule has 1 N–H and O–H groups in total. The van der Waals surface area contributed by atoms with Gasteiger partial charge in [-0.3, -0.25) is 0 Å². The highest BCUT2D eigenvalue weighted by Gasteiger charge is 2.12. The fraction of sp³-hybridized carbons (Fsp3) is 0.286. The molecule has 0 fully saturated rings. The van der Waals surface area contributed by atoms with E-state index in [2.05, 4.69) is 0 Å². The lowest BCUT2D eigenvalue weighted by Gasteiger charge is -2.12. The van der Waals surface area contributed by atoms with Gasteiger partial charge in [-0.05, 0) is 37.6 Å². The van der Waals surface area contributed by atoms with Gasteiger partial charge in [0.15, 0.2) is 0 Å². The van der Waals surface area contributed by atoms with Gasteiger partial charge in [0.05, 0.1) is 11.1 Å². The van der Waals surface area contributed by atoms with Gasteiger partial charge in [-0.1, -0.05) is 23.7 Å². The van der Waals surface area contributed by atoms with Gasteiger partial charge in [0.25, 0.3) is 0 Å². The standard InChI is InChI=1S/C14H15ClO2S/c1-9(2)17-12-5-3-10(4-6-12)14(16)13-7-11(15)8-18-13/h3-9,14,16H,1-2H3. The van der Waals surface area contributed by atoms with Gasteiger partial charge in [-0.2, -0.15) is 0 Å². The number of aliphatic hydroxyl groups is 1. The average Bonchev–Trinajstić information content (AvgIpc) is 2.75. The van der Waals surface area contributed by atoms with Crippen LogP contribution in [-0.4, -0.2) is 11.2 Å². The molecule has 1 aromatic carbocycles. The zero-order chi connectivity index (χ0) is 13.1. The van der Waals surface area contributed by atoms with Gasteiger partial charge in [0.1, 0.15) is 11.9 Å². The van der Waals surface area contributed by atoms with Crippen molar-refractivity contribution in [2.75, 3.05) is 0 Å². The third-order valence-electron chi connectivity index (χ3n) is 2.42. The fourth-order valence-electron chi connectivity index (χ4n) is 1.64. The molecular formula is C14H15ClO2S. The maximum atomic E-state index is 10.2. The molecule has 0 bridgehead atoms. The van der Waals surface area contributed by atoms with Crippen molar-refractivity contribution in [2.45, 2.75) is 26.1 Å². The smallest absolute Gasteiger partial charge is 0.119 e. The van der Waals surface area contributed by atoms with Crippen LogP contribution >= 0.6 is 22.9 Å². The monoisotopic (exact) mass is 282 g/mol. The van der Waals surface area contributed by atoms with Crippen LogP contribution in [0.15, 0.2) is 35.7 Å². The van der Waals surface area contributed by atoms with Gasteiger partial charge < -0.3 is 9.84 Å². The zero-order valence-electron chi connectivity index (χ0n) is 10.3. The summed E-state index contributed by atoms with van der Waals surface area (Å²) in [5.41, 5.74) is 0.838. The first kappa shape index (κ1) is 13.4. The van der Waals surface area contributed by atoms with Crippen molar-refractivity contribution in [1.82, 2.24) is 0 Å². The van der Waals surface area contributed by atoms with Crippen molar-refractivity contribution < 1.29 is 9.84 Å². The summed E-state index contributed by atoms with van der Waals surface area (Å²) in [6.07, 6.45) is -0.479. The van der Waals surface area contributed by atoms with Crippen molar-refractivity contribution in [3.63, 3.8) is 0 Å². The predicted molar refractivity (Wildman–Crippen MR) is 75.6 cm³/mol. The number of aliphatic hydroxyl groups excluding tert-OH is 1. The summed E-state index contributed by atoms with van der Waals surface area (Å²) in [6, 6.07) is 9.27. The van der Waals surface area contributed by atoms with Crippen molar-refractivity contribution in [3.8, 4) is 5.75 Å². The lowest BCUT2D eigenvalue weighted by molar-refractivity contribution is 0.223. The van der Waals surface area contributed by atoms with E-state index in [1.807, 2.05) is 43.5 Å². The van der Waals surface area contributed by atoms with E-state index < -0.39 is 6.10 Å². The molecule has 0 aliphatic heterocycles. The summed E-state index contributed by atoms with van der Waals surface area (Å²) in [5, 5.41) is 12.7. The van der Waals surface area contributed by atoms with Gasteiger partial charge in [0, 0.05) is 10.3 Å². The number of hydrogen-bond donors (Lipinski definition) is 1. The Balaban J connectivity index is 2.14. The van der Waals surface area contributed by atoms with Gasteiger partial charge >= 0.3 is 0 Å². The Morgan fingerprint density at radius 1 is 1.22 bits per heavy atom. The Morgan fingerprint density at radius 3 is 2.39 bits per heavy atom. The Hall–Kier alpha value is -1.03. The Kier molecular flexibility index (Phi) is 4.27. The highest BCUT2D eigenvalue weighted by atomic mass is 35.5. The van der Waals surface area contributed by atoms with Gasteiger partial charge in [0.2, 0.25) is 0 Å². The van der Waals surface area contributed by atoms with Crippen LogP contribution in [0.2, 0.25) is 5.02 Å². The molecule has 0 radical (unpaired) electrons. The van der Waals surface area contributed by atoms with E-state index in [0.717, 1.165) is 16.2 Å². The lowest BCUT2D eigenvalue weighted by atomic mass is 10.1. The molecule has 96 valence electrons. The van der Waals surface area contributed by atoms with Crippen molar-refractivity contribution in [1.29, 1.82) is 0 Å². The van der Waals surface area contributed by atoms with Gasteiger partial charge in [-0.25, -0.2) is 0 Å². The van der Waals surface area contributed by atoms with Crippen molar-refractivity contribution >= 4 is 22.9 Å². The molecule has 1 aromatic heterocycles. The highest BCUT2D eigenvalue weighted by Crippen LogP contribution is 2.30. The van der Waals surface area contributed by atoms with Crippen LogP contribution in [0.3, 0.4) is 0 Å². The van der Waals surface area contributed by atoms with Crippen LogP contribution in [0.25, 0.3) is 0 Å². The Labute approximate surface area is 116 Å². The summed E-state index contributed by atoms with van der Waals surface area (Å²) >= 11 is 7.31. The summed E-state index contributed by atoms with van der Waals surface area (Å²) in [7, 11) is 0. The molecule has 2 rings (SSSR count). The number of ether oxygens (including phenoxy) is 1. The molecule has 4 heteroatoms. The number of benzene rings is 1. The average molecular weight is 283 g/mol. The normalized spacial score (nSPS) is 12.7. The third-order valence-corrected chi connectivity index (χ3v) is 3.76. The quantitative estimate of drug-likeness (QED) is 0.907. The van der Waals surface area contributed by atoms with Crippen molar-refractivity contribution in [3.05, 3.63) is 51.2 Å². The molecule has 2 aromatic rings. The summed E-state index contributed by atoms with van der Waals surface area (Å²) in [5.74, 6) is 0.810. The van der Waals surface area contributed by atoms with E-state index in [1.165, 1.54) is 11.3 Å². The van der Waals surface area contributed by atoms with E-state index in [4.69, 9.17) is 16.3 Å². The Morgan fingerprint density at radius 2 is 1.89 bits per heavy atom. The van der Waals surface area contributed by atoms with Gasteiger partial charge in [-0.15, -0.1) is 11.3 Å². The molecule has 1 unspecified atom stereocenters. The molecule has 0 amide bonds. The molecule has 1 atom stereocenters. The summed E-state index contributed by atoms with van der Waals surface area (Å²) in [6.45, 7) is 3.97. The maximum absolute atomic E-state index is 10.2. The zero-order valence-corrected chi connectivity index (χ0v) is 11.8. The van der Waals surface area contributed by atoms with Crippen LogP contribution in [0, 0.1) is 0 Å². The van der Waals surface area contributed by atoms with E-state index in [-0.39, 0.29) is 6.10 Å². The minimum absolute atomic E-state index is 0.150. The van der Waals surface area contributed by atoms with Crippen LogP contribution < -0.4 is 4.74 Å². The first-order valence-corrected chi connectivity index (χ1v) is 7.00. The second kappa shape index (κ2) is 5.74. The fourth-order valence-corrected chi connectivity index (χ4v) is 2.73. The number of hydrogen-bond acceptors (Lipinski definition) is 3. The molecule has 0 saturated heterocycles. The third kappa shape index (κ3) is 3.25. The van der Waals surface area contributed by atoms with E-state index in [0.29, 0.717) is 5.02 Å². The second-order valence-electron chi connectivity index (χ2n) is 4.31. The molecular weight excluding hydrogens is 268 g/mol.